The molecule has 0 aromatic rings. The second-order valence-corrected chi connectivity index (χ2v) is 7.30. The van der Waals surface area contributed by atoms with Crippen LogP contribution < -0.4 is 5.32 Å². The highest BCUT2D eigenvalue weighted by atomic mass is 127. The molecule has 3 atom stereocenters. The van der Waals surface area contributed by atoms with Crippen LogP contribution >= 0.6 is 24.0 Å². The highest BCUT2D eigenvalue weighted by molar-refractivity contribution is 14.0. The van der Waals surface area contributed by atoms with Crippen LogP contribution in [0.15, 0.2) is 4.99 Å². The van der Waals surface area contributed by atoms with Crippen molar-refractivity contribution >= 4 is 35.9 Å². The molecule has 2 heterocycles. The smallest absolute Gasteiger partial charge is 0.310 e. The maximum Gasteiger partial charge on any atom is 0.310 e. The first kappa shape index (κ1) is 22.5. The zero-order valence-corrected chi connectivity index (χ0v) is 18.5. The number of aliphatic imine (C=N–C) groups is 1. The fraction of sp³-hybridized carbons (Fsp3) is 0.889. The van der Waals surface area contributed by atoms with Crippen molar-refractivity contribution in [2.45, 2.75) is 33.6 Å². The number of ether oxygens (including phenoxy) is 1. The van der Waals surface area contributed by atoms with Crippen LogP contribution in [-0.4, -0.2) is 74.7 Å². The number of methoxy groups -OCH3 is 1. The standard InChI is InChI=1S/C18H34N4O2.HI/c1-5-19-18(20-8-10-21-9-6-7-14(2)11-21)22-12-15(3)16(13-22)17(23)24-4;/h14-16H,5-13H2,1-4H3,(H,19,20);1H. The summed E-state index contributed by atoms with van der Waals surface area (Å²) in [5.41, 5.74) is 0. The van der Waals surface area contributed by atoms with Crippen molar-refractivity contribution in [3.05, 3.63) is 0 Å². The highest BCUT2D eigenvalue weighted by Gasteiger charge is 2.36. The van der Waals surface area contributed by atoms with Gasteiger partial charge in [-0.3, -0.25) is 9.79 Å². The van der Waals surface area contributed by atoms with Crippen LogP contribution in [0, 0.1) is 17.8 Å². The molecule has 2 fully saturated rings. The first-order valence-electron chi connectivity index (χ1n) is 9.38. The second kappa shape index (κ2) is 11.2. The van der Waals surface area contributed by atoms with Crippen molar-refractivity contribution in [2.24, 2.45) is 22.7 Å². The Labute approximate surface area is 169 Å². The van der Waals surface area contributed by atoms with Crippen molar-refractivity contribution < 1.29 is 9.53 Å². The summed E-state index contributed by atoms with van der Waals surface area (Å²) in [5.74, 6) is 1.87. The first-order chi connectivity index (χ1) is 11.5. The normalized spacial score (nSPS) is 27.8. The van der Waals surface area contributed by atoms with Crippen LogP contribution in [0.4, 0.5) is 0 Å². The Morgan fingerprint density at radius 2 is 2.04 bits per heavy atom. The number of hydrogen-bond acceptors (Lipinski definition) is 4. The van der Waals surface area contributed by atoms with E-state index in [0.717, 1.165) is 38.1 Å². The third-order valence-corrected chi connectivity index (χ3v) is 5.17. The third-order valence-electron chi connectivity index (χ3n) is 5.17. The van der Waals surface area contributed by atoms with E-state index in [-0.39, 0.29) is 35.9 Å². The summed E-state index contributed by atoms with van der Waals surface area (Å²) in [4.78, 5) is 21.4. The zero-order valence-electron chi connectivity index (χ0n) is 16.2. The fourth-order valence-corrected chi connectivity index (χ4v) is 3.81. The number of piperidine rings is 1. The molecule has 0 spiro atoms. The van der Waals surface area contributed by atoms with E-state index in [1.807, 2.05) is 0 Å². The summed E-state index contributed by atoms with van der Waals surface area (Å²) in [6, 6.07) is 0. The van der Waals surface area contributed by atoms with Gasteiger partial charge in [-0.2, -0.15) is 0 Å². The summed E-state index contributed by atoms with van der Waals surface area (Å²) in [6.07, 6.45) is 2.65. The van der Waals surface area contributed by atoms with Gasteiger partial charge in [0.05, 0.1) is 19.6 Å². The molecule has 2 aliphatic rings. The van der Waals surface area contributed by atoms with E-state index in [1.165, 1.54) is 33.0 Å². The molecule has 0 radical (unpaired) electrons. The number of esters is 1. The average molecular weight is 466 g/mol. The zero-order chi connectivity index (χ0) is 17.5. The van der Waals surface area contributed by atoms with Crippen molar-refractivity contribution in [2.75, 3.05) is 52.9 Å². The van der Waals surface area contributed by atoms with Crippen molar-refractivity contribution in [1.82, 2.24) is 15.1 Å². The minimum absolute atomic E-state index is 0. The Hall–Kier alpha value is -0.570. The van der Waals surface area contributed by atoms with Gasteiger partial charge in [-0.1, -0.05) is 13.8 Å². The monoisotopic (exact) mass is 466 g/mol. The lowest BCUT2D eigenvalue weighted by atomic mass is 9.99. The van der Waals surface area contributed by atoms with Crippen LogP contribution in [0.5, 0.6) is 0 Å². The minimum Gasteiger partial charge on any atom is -0.469 e. The summed E-state index contributed by atoms with van der Waals surface area (Å²) >= 11 is 0. The molecule has 1 N–H and O–H groups in total. The lowest BCUT2D eigenvalue weighted by Crippen LogP contribution is -2.41. The summed E-state index contributed by atoms with van der Waals surface area (Å²) in [6.45, 7) is 13.1. The molecular weight excluding hydrogens is 431 g/mol. The molecule has 0 amide bonds. The average Bonchev–Trinajstić information content (AvgIpc) is 2.95. The Morgan fingerprint density at radius 3 is 2.68 bits per heavy atom. The number of nitrogens with one attached hydrogen (secondary N) is 1. The number of halogens is 1. The van der Waals surface area contributed by atoms with E-state index in [1.54, 1.807) is 0 Å². The number of guanidine groups is 1. The SMILES string of the molecule is CCNC(=NCCN1CCCC(C)C1)N1CC(C)C(C(=O)OC)C1.I. The quantitative estimate of drug-likeness (QED) is 0.291. The molecule has 2 saturated heterocycles. The lowest BCUT2D eigenvalue weighted by Gasteiger charge is -2.30. The van der Waals surface area contributed by atoms with E-state index in [2.05, 4.69) is 35.9 Å². The second-order valence-electron chi connectivity index (χ2n) is 7.30. The van der Waals surface area contributed by atoms with Crippen LogP contribution in [0.1, 0.15) is 33.6 Å². The molecule has 6 nitrogen and oxygen atoms in total. The molecule has 7 heteroatoms. The van der Waals surface area contributed by atoms with Gasteiger partial charge >= 0.3 is 5.97 Å². The maximum atomic E-state index is 11.9. The first-order valence-corrected chi connectivity index (χ1v) is 9.38. The largest absolute Gasteiger partial charge is 0.469 e. The summed E-state index contributed by atoms with van der Waals surface area (Å²) in [7, 11) is 1.47. The van der Waals surface area contributed by atoms with Crippen LogP contribution in [0.25, 0.3) is 0 Å². The van der Waals surface area contributed by atoms with E-state index in [9.17, 15) is 4.79 Å². The van der Waals surface area contributed by atoms with Gasteiger partial charge in [0.25, 0.3) is 0 Å². The minimum atomic E-state index is -0.108. The number of nitrogens with zero attached hydrogens (tertiary/aromatic N) is 3. The van der Waals surface area contributed by atoms with Gasteiger partial charge < -0.3 is 19.9 Å². The number of rotatable bonds is 5. The molecule has 2 rings (SSSR count). The third kappa shape index (κ3) is 6.58. The van der Waals surface area contributed by atoms with E-state index >= 15 is 0 Å². The predicted molar refractivity (Wildman–Crippen MR) is 112 cm³/mol. The predicted octanol–water partition coefficient (Wildman–Crippen LogP) is 2.04. The molecule has 2 aliphatic heterocycles. The van der Waals surface area contributed by atoms with Crippen LogP contribution in [0.3, 0.4) is 0 Å². The number of carbonyl (C=O) groups is 1. The van der Waals surface area contributed by atoms with Gasteiger partial charge in [0.1, 0.15) is 0 Å². The Bertz CT molecular complexity index is 447. The van der Waals surface area contributed by atoms with Crippen LogP contribution in [-0.2, 0) is 9.53 Å². The van der Waals surface area contributed by atoms with Gasteiger partial charge in [-0.25, -0.2) is 0 Å². The van der Waals surface area contributed by atoms with Gasteiger partial charge in [-0.15, -0.1) is 24.0 Å². The number of likely N-dealkylation sites (tertiary alicyclic amines) is 2. The Kier molecular flexibility index (Phi) is 10.1. The molecule has 25 heavy (non-hydrogen) atoms. The van der Waals surface area contributed by atoms with E-state index < -0.39 is 0 Å². The molecule has 0 aromatic carbocycles. The topological polar surface area (TPSA) is 57.2 Å². The summed E-state index contributed by atoms with van der Waals surface area (Å²) < 4.78 is 4.93. The molecule has 0 aromatic heterocycles. The Morgan fingerprint density at radius 1 is 1.28 bits per heavy atom. The Balaban J connectivity index is 0.00000312. The maximum absolute atomic E-state index is 11.9. The van der Waals surface area contributed by atoms with Gasteiger partial charge in [0, 0.05) is 32.7 Å². The lowest BCUT2D eigenvalue weighted by molar-refractivity contribution is -0.145. The molecule has 0 aliphatic carbocycles. The summed E-state index contributed by atoms with van der Waals surface area (Å²) in [5, 5.41) is 3.37. The van der Waals surface area contributed by atoms with Crippen molar-refractivity contribution in [3.63, 3.8) is 0 Å². The molecule has 0 saturated carbocycles. The van der Waals surface area contributed by atoms with E-state index in [4.69, 9.17) is 9.73 Å². The van der Waals surface area contributed by atoms with E-state index in [0.29, 0.717) is 12.5 Å². The van der Waals surface area contributed by atoms with Crippen molar-refractivity contribution in [3.8, 4) is 0 Å². The van der Waals surface area contributed by atoms with Gasteiger partial charge in [-0.05, 0) is 38.1 Å². The fourth-order valence-electron chi connectivity index (χ4n) is 3.81. The van der Waals surface area contributed by atoms with Crippen LogP contribution in [0.2, 0.25) is 0 Å². The molecule has 146 valence electrons. The number of carbonyl (C=O) groups excluding carboxylic acids is 1. The molecule has 3 unspecified atom stereocenters. The van der Waals surface area contributed by atoms with Crippen molar-refractivity contribution in [1.29, 1.82) is 0 Å². The number of hydrogen-bond donors (Lipinski definition) is 1. The van der Waals surface area contributed by atoms with Gasteiger partial charge in [0.2, 0.25) is 0 Å². The molecular formula is C18H35IN4O2. The van der Waals surface area contributed by atoms with Gasteiger partial charge in [0.15, 0.2) is 5.96 Å². The molecule has 0 bridgehead atoms. The highest BCUT2D eigenvalue weighted by Crippen LogP contribution is 2.24.